The molecule has 2 heteroatoms. The molecule has 1 heterocycles. The van der Waals surface area contributed by atoms with Crippen molar-refractivity contribution in [3.05, 3.63) is 35.4 Å². The standard InChI is InChI=1S/C15H23NO/c1-11(2)9-12-3-5-13(6-4-12)15(16)14-7-8-17-10-14/h3-6,11,14-15H,7-10,16H2,1-2H3. The molecule has 2 nitrogen and oxygen atoms in total. The van der Waals surface area contributed by atoms with E-state index >= 15 is 0 Å². The molecule has 0 radical (unpaired) electrons. The maximum atomic E-state index is 6.27. The summed E-state index contributed by atoms with van der Waals surface area (Å²) in [6.45, 7) is 6.17. The smallest absolute Gasteiger partial charge is 0.0513 e. The van der Waals surface area contributed by atoms with Crippen molar-refractivity contribution in [3.63, 3.8) is 0 Å². The Morgan fingerprint density at radius 2 is 2.00 bits per heavy atom. The number of hydrogen-bond donors (Lipinski definition) is 1. The van der Waals surface area contributed by atoms with Gasteiger partial charge in [-0.2, -0.15) is 0 Å². The quantitative estimate of drug-likeness (QED) is 0.868. The number of rotatable bonds is 4. The first-order valence-electron chi connectivity index (χ1n) is 6.59. The summed E-state index contributed by atoms with van der Waals surface area (Å²) in [4.78, 5) is 0. The summed E-state index contributed by atoms with van der Waals surface area (Å²) in [5.74, 6) is 1.20. The van der Waals surface area contributed by atoms with Gasteiger partial charge in [0.25, 0.3) is 0 Å². The Kier molecular flexibility index (Phi) is 4.19. The normalized spacial score (nSPS) is 22.0. The zero-order valence-electron chi connectivity index (χ0n) is 10.9. The molecule has 1 aromatic carbocycles. The largest absolute Gasteiger partial charge is 0.381 e. The summed E-state index contributed by atoms with van der Waals surface area (Å²) in [5, 5.41) is 0. The van der Waals surface area contributed by atoms with Crippen LogP contribution in [-0.4, -0.2) is 13.2 Å². The molecule has 1 aromatic rings. The first-order chi connectivity index (χ1) is 8.16. The third-order valence-electron chi connectivity index (χ3n) is 3.48. The van der Waals surface area contributed by atoms with Gasteiger partial charge in [0.2, 0.25) is 0 Å². The van der Waals surface area contributed by atoms with Crippen LogP contribution in [0.15, 0.2) is 24.3 Å². The van der Waals surface area contributed by atoms with Gasteiger partial charge in [-0.15, -0.1) is 0 Å². The summed E-state index contributed by atoms with van der Waals surface area (Å²) in [6, 6.07) is 8.92. The van der Waals surface area contributed by atoms with Crippen molar-refractivity contribution < 1.29 is 4.74 Å². The highest BCUT2D eigenvalue weighted by Gasteiger charge is 2.23. The molecule has 0 aliphatic carbocycles. The SMILES string of the molecule is CC(C)Cc1ccc(C(N)C2CCOC2)cc1. The van der Waals surface area contributed by atoms with E-state index in [1.54, 1.807) is 0 Å². The fourth-order valence-corrected chi connectivity index (χ4v) is 2.46. The molecule has 1 aliphatic heterocycles. The second-order valence-electron chi connectivity index (χ2n) is 5.49. The number of nitrogens with two attached hydrogens (primary N) is 1. The molecule has 94 valence electrons. The lowest BCUT2D eigenvalue weighted by molar-refractivity contribution is 0.181. The molecule has 2 unspecified atom stereocenters. The van der Waals surface area contributed by atoms with Gasteiger partial charge in [-0.1, -0.05) is 38.1 Å². The summed E-state index contributed by atoms with van der Waals surface area (Å²) in [7, 11) is 0. The zero-order chi connectivity index (χ0) is 12.3. The summed E-state index contributed by atoms with van der Waals surface area (Å²) < 4.78 is 5.40. The van der Waals surface area contributed by atoms with Crippen LogP contribution in [0.5, 0.6) is 0 Å². The van der Waals surface area contributed by atoms with E-state index in [1.165, 1.54) is 11.1 Å². The minimum atomic E-state index is 0.130. The molecule has 17 heavy (non-hydrogen) atoms. The molecular formula is C15H23NO. The number of ether oxygens (including phenoxy) is 1. The molecule has 0 spiro atoms. The van der Waals surface area contributed by atoms with Gasteiger partial charge in [-0.05, 0) is 29.9 Å². The van der Waals surface area contributed by atoms with E-state index in [9.17, 15) is 0 Å². The molecule has 0 bridgehead atoms. The van der Waals surface area contributed by atoms with Crippen LogP contribution in [0.1, 0.15) is 37.4 Å². The fourth-order valence-electron chi connectivity index (χ4n) is 2.46. The van der Waals surface area contributed by atoms with Gasteiger partial charge < -0.3 is 10.5 Å². The van der Waals surface area contributed by atoms with E-state index in [0.29, 0.717) is 11.8 Å². The van der Waals surface area contributed by atoms with Crippen LogP contribution in [0.4, 0.5) is 0 Å². The third kappa shape index (κ3) is 3.30. The van der Waals surface area contributed by atoms with Crippen molar-refractivity contribution in [2.45, 2.75) is 32.7 Å². The monoisotopic (exact) mass is 233 g/mol. The molecule has 0 aromatic heterocycles. The maximum Gasteiger partial charge on any atom is 0.0513 e. The van der Waals surface area contributed by atoms with Crippen molar-refractivity contribution in [1.82, 2.24) is 0 Å². The molecule has 0 saturated carbocycles. The fraction of sp³-hybridized carbons (Fsp3) is 0.600. The van der Waals surface area contributed by atoms with E-state index in [2.05, 4.69) is 38.1 Å². The highest BCUT2D eigenvalue weighted by Crippen LogP contribution is 2.26. The van der Waals surface area contributed by atoms with E-state index in [1.807, 2.05) is 0 Å². The molecule has 2 atom stereocenters. The number of benzene rings is 1. The summed E-state index contributed by atoms with van der Waals surface area (Å²) in [5.41, 5.74) is 8.92. The van der Waals surface area contributed by atoms with Gasteiger partial charge in [0.15, 0.2) is 0 Å². The Balaban J connectivity index is 2.01. The molecular weight excluding hydrogens is 210 g/mol. The highest BCUT2D eigenvalue weighted by atomic mass is 16.5. The van der Waals surface area contributed by atoms with Gasteiger partial charge in [0.05, 0.1) is 6.61 Å². The Morgan fingerprint density at radius 1 is 1.29 bits per heavy atom. The van der Waals surface area contributed by atoms with Crippen LogP contribution in [0.3, 0.4) is 0 Å². The topological polar surface area (TPSA) is 35.2 Å². The predicted molar refractivity (Wildman–Crippen MR) is 70.8 cm³/mol. The molecule has 0 amide bonds. The van der Waals surface area contributed by atoms with Crippen molar-refractivity contribution in [2.24, 2.45) is 17.6 Å². The minimum Gasteiger partial charge on any atom is -0.381 e. The average molecular weight is 233 g/mol. The minimum absolute atomic E-state index is 0.130. The van der Waals surface area contributed by atoms with Crippen LogP contribution in [0.25, 0.3) is 0 Å². The van der Waals surface area contributed by atoms with E-state index in [0.717, 1.165) is 26.1 Å². The third-order valence-corrected chi connectivity index (χ3v) is 3.48. The average Bonchev–Trinajstić information content (AvgIpc) is 2.82. The van der Waals surface area contributed by atoms with Crippen molar-refractivity contribution in [2.75, 3.05) is 13.2 Å². The van der Waals surface area contributed by atoms with Crippen LogP contribution < -0.4 is 5.73 Å². The Hall–Kier alpha value is -0.860. The second kappa shape index (κ2) is 5.65. The molecule has 2 rings (SSSR count). The zero-order valence-corrected chi connectivity index (χ0v) is 10.9. The van der Waals surface area contributed by atoms with Gasteiger partial charge in [0, 0.05) is 18.6 Å². The molecule has 1 fully saturated rings. The Labute approximate surface area is 104 Å². The van der Waals surface area contributed by atoms with E-state index < -0.39 is 0 Å². The van der Waals surface area contributed by atoms with E-state index in [4.69, 9.17) is 10.5 Å². The second-order valence-corrected chi connectivity index (χ2v) is 5.49. The van der Waals surface area contributed by atoms with Crippen molar-refractivity contribution >= 4 is 0 Å². The van der Waals surface area contributed by atoms with Crippen molar-refractivity contribution in [3.8, 4) is 0 Å². The first-order valence-corrected chi connectivity index (χ1v) is 6.59. The van der Waals surface area contributed by atoms with Crippen molar-refractivity contribution in [1.29, 1.82) is 0 Å². The van der Waals surface area contributed by atoms with Crippen LogP contribution in [0, 0.1) is 11.8 Å². The Bertz CT molecular complexity index is 338. The maximum absolute atomic E-state index is 6.27. The van der Waals surface area contributed by atoms with E-state index in [-0.39, 0.29) is 6.04 Å². The lowest BCUT2D eigenvalue weighted by Gasteiger charge is -2.18. The summed E-state index contributed by atoms with van der Waals surface area (Å²) >= 11 is 0. The summed E-state index contributed by atoms with van der Waals surface area (Å²) in [6.07, 6.45) is 2.23. The molecule has 1 saturated heterocycles. The highest BCUT2D eigenvalue weighted by molar-refractivity contribution is 5.25. The van der Waals surface area contributed by atoms with Crippen LogP contribution >= 0.6 is 0 Å². The van der Waals surface area contributed by atoms with Gasteiger partial charge in [-0.3, -0.25) is 0 Å². The van der Waals surface area contributed by atoms with Gasteiger partial charge >= 0.3 is 0 Å². The first kappa shape index (κ1) is 12.6. The lowest BCUT2D eigenvalue weighted by Crippen LogP contribution is -2.21. The lowest BCUT2D eigenvalue weighted by atomic mass is 9.92. The molecule has 2 N–H and O–H groups in total. The molecule has 1 aliphatic rings. The number of hydrogen-bond acceptors (Lipinski definition) is 2. The predicted octanol–water partition coefficient (Wildman–Crippen LogP) is 2.92. The van der Waals surface area contributed by atoms with Gasteiger partial charge in [-0.25, -0.2) is 0 Å². The van der Waals surface area contributed by atoms with Crippen LogP contribution in [0.2, 0.25) is 0 Å². The van der Waals surface area contributed by atoms with Crippen LogP contribution in [-0.2, 0) is 11.2 Å². The Morgan fingerprint density at radius 3 is 2.53 bits per heavy atom. The van der Waals surface area contributed by atoms with Gasteiger partial charge in [0.1, 0.15) is 0 Å².